The van der Waals surface area contributed by atoms with Gasteiger partial charge >= 0.3 is 0 Å². The van der Waals surface area contributed by atoms with Crippen LogP contribution in [0, 0.1) is 5.41 Å². The van der Waals surface area contributed by atoms with Gasteiger partial charge in [-0.15, -0.1) is 0 Å². The number of likely N-dealkylation sites (tertiary alicyclic amines) is 1. The summed E-state index contributed by atoms with van der Waals surface area (Å²) in [6, 6.07) is 6.21. The fourth-order valence-electron chi connectivity index (χ4n) is 3.21. The highest BCUT2D eigenvalue weighted by Crippen LogP contribution is 2.32. The summed E-state index contributed by atoms with van der Waals surface area (Å²) in [4.78, 5) is 2.42. The lowest BCUT2D eigenvalue weighted by atomic mass is 9.82. The Hall–Kier alpha value is -1.26. The van der Waals surface area contributed by atoms with Crippen molar-refractivity contribution in [3.8, 4) is 11.5 Å². The van der Waals surface area contributed by atoms with Gasteiger partial charge in [-0.05, 0) is 43.5 Å². The monoisotopic (exact) mass is 321 g/mol. The van der Waals surface area contributed by atoms with Crippen molar-refractivity contribution in [1.82, 2.24) is 4.90 Å². The van der Waals surface area contributed by atoms with Crippen molar-refractivity contribution in [3.05, 3.63) is 23.8 Å². The van der Waals surface area contributed by atoms with E-state index in [2.05, 4.69) is 30.9 Å². The van der Waals surface area contributed by atoms with Crippen molar-refractivity contribution in [1.29, 1.82) is 0 Å². The molecule has 0 spiro atoms. The molecule has 0 radical (unpaired) electrons. The lowest BCUT2D eigenvalue weighted by Crippen LogP contribution is -2.43. The number of aliphatic hydroxyl groups is 1. The van der Waals surface area contributed by atoms with Crippen LogP contribution in [0.3, 0.4) is 0 Å². The van der Waals surface area contributed by atoms with Crippen molar-refractivity contribution in [2.45, 2.75) is 46.1 Å². The van der Waals surface area contributed by atoms with Gasteiger partial charge in [0.25, 0.3) is 0 Å². The van der Waals surface area contributed by atoms with Gasteiger partial charge in [-0.3, -0.25) is 4.90 Å². The number of piperidine rings is 1. The Morgan fingerprint density at radius 3 is 2.83 bits per heavy atom. The van der Waals surface area contributed by atoms with E-state index in [0.29, 0.717) is 0 Å². The summed E-state index contributed by atoms with van der Waals surface area (Å²) in [5.74, 6) is 1.63. The van der Waals surface area contributed by atoms with E-state index in [-0.39, 0.29) is 12.0 Å². The van der Waals surface area contributed by atoms with Crippen LogP contribution in [0.5, 0.6) is 11.5 Å². The zero-order chi connectivity index (χ0) is 16.7. The van der Waals surface area contributed by atoms with Gasteiger partial charge in [0, 0.05) is 25.1 Å². The van der Waals surface area contributed by atoms with Gasteiger partial charge in [-0.1, -0.05) is 26.3 Å². The van der Waals surface area contributed by atoms with E-state index < -0.39 is 0 Å². The normalized spacial score (nSPS) is 22.1. The molecule has 1 aliphatic heterocycles. The molecule has 2 rings (SSSR count). The van der Waals surface area contributed by atoms with Gasteiger partial charge < -0.3 is 14.6 Å². The number of nitrogens with zero attached hydrogens (tertiary/aromatic N) is 1. The van der Waals surface area contributed by atoms with Crippen molar-refractivity contribution >= 4 is 0 Å². The predicted octanol–water partition coefficient (Wildman–Crippen LogP) is 3.47. The molecule has 23 heavy (non-hydrogen) atoms. The van der Waals surface area contributed by atoms with Gasteiger partial charge in [0.05, 0.1) is 13.7 Å². The number of hydrogen-bond acceptors (Lipinski definition) is 4. The second kappa shape index (κ2) is 8.55. The highest BCUT2D eigenvalue weighted by atomic mass is 16.5. The standard InChI is InChI=1S/C19H31NO3/c1-4-5-11-23-17-8-7-16(12-18(17)22-3)13-20-10-6-9-19(2,14-20)15-21/h7-8,12,21H,4-6,9-11,13-15H2,1-3H3. The molecule has 1 unspecified atom stereocenters. The Balaban J connectivity index is 2.00. The van der Waals surface area contributed by atoms with Crippen LogP contribution < -0.4 is 9.47 Å². The van der Waals surface area contributed by atoms with Crippen LogP contribution in [0.4, 0.5) is 0 Å². The number of unbranched alkanes of at least 4 members (excludes halogenated alkanes) is 1. The van der Waals surface area contributed by atoms with Gasteiger partial charge in [-0.25, -0.2) is 0 Å². The minimum absolute atomic E-state index is 0.0333. The predicted molar refractivity (Wildman–Crippen MR) is 93.1 cm³/mol. The number of hydrogen-bond donors (Lipinski definition) is 1. The maximum Gasteiger partial charge on any atom is 0.161 e. The van der Waals surface area contributed by atoms with Crippen LogP contribution >= 0.6 is 0 Å². The molecule has 1 saturated heterocycles. The zero-order valence-corrected chi connectivity index (χ0v) is 14.8. The number of ether oxygens (including phenoxy) is 2. The molecule has 1 aromatic carbocycles. The third-order valence-corrected chi connectivity index (χ3v) is 4.63. The lowest BCUT2D eigenvalue weighted by molar-refractivity contribution is 0.0429. The fraction of sp³-hybridized carbons (Fsp3) is 0.684. The van der Waals surface area contributed by atoms with Crippen molar-refractivity contribution in [2.75, 3.05) is 33.4 Å². The topological polar surface area (TPSA) is 41.9 Å². The van der Waals surface area contributed by atoms with Crippen LogP contribution in [-0.2, 0) is 6.54 Å². The van der Waals surface area contributed by atoms with E-state index in [0.717, 1.165) is 63.4 Å². The summed E-state index contributed by atoms with van der Waals surface area (Å²) >= 11 is 0. The molecular weight excluding hydrogens is 290 g/mol. The Kier molecular flexibility index (Phi) is 6.72. The molecule has 4 heteroatoms. The summed E-state index contributed by atoms with van der Waals surface area (Å²) in [5, 5.41) is 9.59. The van der Waals surface area contributed by atoms with E-state index in [1.54, 1.807) is 7.11 Å². The summed E-state index contributed by atoms with van der Waals surface area (Å²) in [6.07, 6.45) is 4.43. The van der Waals surface area contributed by atoms with Crippen LogP contribution in [0.15, 0.2) is 18.2 Å². The average molecular weight is 321 g/mol. The number of rotatable bonds is 8. The maximum absolute atomic E-state index is 9.59. The van der Waals surface area contributed by atoms with E-state index in [4.69, 9.17) is 9.47 Å². The van der Waals surface area contributed by atoms with E-state index in [1.165, 1.54) is 5.56 Å². The fourth-order valence-corrected chi connectivity index (χ4v) is 3.21. The molecule has 0 aromatic heterocycles. The summed E-state index contributed by atoms with van der Waals surface area (Å²) in [5.41, 5.74) is 1.26. The van der Waals surface area contributed by atoms with Crippen LogP contribution in [-0.4, -0.2) is 43.4 Å². The van der Waals surface area contributed by atoms with E-state index in [9.17, 15) is 5.11 Å². The van der Waals surface area contributed by atoms with Gasteiger partial charge in [-0.2, -0.15) is 0 Å². The van der Waals surface area contributed by atoms with Crippen LogP contribution in [0.2, 0.25) is 0 Å². The molecule has 1 aliphatic rings. The maximum atomic E-state index is 9.59. The van der Waals surface area contributed by atoms with Crippen molar-refractivity contribution < 1.29 is 14.6 Å². The largest absolute Gasteiger partial charge is 0.493 e. The van der Waals surface area contributed by atoms with Crippen LogP contribution in [0.1, 0.15) is 45.1 Å². The number of methoxy groups -OCH3 is 1. The second-order valence-electron chi connectivity index (χ2n) is 6.97. The molecule has 0 aliphatic carbocycles. The zero-order valence-electron chi connectivity index (χ0n) is 14.8. The lowest BCUT2D eigenvalue weighted by Gasteiger charge is -2.39. The SMILES string of the molecule is CCCCOc1ccc(CN2CCCC(C)(CO)C2)cc1OC. The van der Waals surface area contributed by atoms with Gasteiger partial charge in [0.1, 0.15) is 0 Å². The second-order valence-corrected chi connectivity index (χ2v) is 6.97. The third kappa shape index (κ3) is 5.11. The Morgan fingerprint density at radius 1 is 1.30 bits per heavy atom. The molecule has 1 fully saturated rings. The molecule has 1 heterocycles. The molecule has 130 valence electrons. The molecule has 1 N–H and O–H groups in total. The molecular formula is C19H31NO3. The molecule has 0 bridgehead atoms. The molecule has 4 nitrogen and oxygen atoms in total. The highest BCUT2D eigenvalue weighted by molar-refractivity contribution is 5.43. The van der Waals surface area contributed by atoms with Gasteiger partial charge in [0.15, 0.2) is 11.5 Å². The van der Waals surface area contributed by atoms with E-state index in [1.807, 2.05) is 6.07 Å². The van der Waals surface area contributed by atoms with Crippen molar-refractivity contribution in [3.63, 3.8) is 0 Å². The molecule has 0 amide bonds. The summed E-state index contributed by atoms with van der Waals surface area (Å²) in [7, 11) is 1.69. The molecule has 1 aromatic rings. The first-order valence-corrected chi connectivity index (χ1v) is 8.73. The minimum Gasteiger partial charge on any atom is -0.493 e. The van der Waals surface area contributed by atoms with E-state index >= 15 is 0 Å². The highest BCUT2D eigenvalue weighted by Gasteiger charge is 2.30. The Labute approximate surface area is 140 Å². The Bertz CT molecular complexity index is 492. The first kappa shape index (κ1) is 18.1. The summed E-state index contributed by atoms with van der Waals surface area (Å²) < 4.78 is 11.3. The molecule has 0 saturated carbocycles. The van der Waals surface area contributed by atoms with Gasteiger partial charge in [0.2, 0.25) is 0 Å². The average Bonchev–Trinajstić information content (AvgIpc) is 2.56. The Morgan fingerprint density at radius 2 is 2.13 bits per heavy atom. The third-order valence-electron chi connectivity index (χ3n) is 4.63. The number of aliphatic hydroxyl groups excluding tert-OH is 1. The summed E-state index contributed by atoms with van der Waals surface area (Å²) in [6.45, 7) is 8.24. The smallest absolute Gasteiger partial charge is 0.161 e. The van der Waals surface area contributed by atoms with Crippen molar-refractivity contribution in [2.24, 2.45) is 5.41 Å². The first-order chi connectivity index (χ1) is 11.1. The quantitative estimate of drug-likeness (QED) is 0.745. The number of benzene rings is 1. The van der Waals surface area contributed by atoms with Crippen LogP contribution in [0.25, 0.3) is 0 Å². The molecule has 1 atom stereocenters. The first-order valence-electron chi connectivity index (χ1n) is 8.73. The minimum atomic E-state index is 0.0333.